The fourth-order valence-corrected chi connectivity index (χ4v) is 9.30. The van der Waals surface area contributed by atoms with Gasteiger partial charge in [-0.1, -0.05) is 42.8 Å². The summed E-state index contributed by atoms with van der Waals surface area (Å²) in [6.07, 6.45) is 0.133. The van der Waals surface area contributed by atoms with E-state index in [1.807, 2.05) is 0 Å². The predicted molar refractivity (Wildman–Crippen MR) is 231 cm³/mol. The Balaban J connectivity index is 1.91. The maximum atomic E-state index is 14.0. The Hall–Kier alpha value is -4.96. The van der Waals surface area contributed by atoms with Crippen LogP contribution in [0.3, 0.4) is 0 Å². The van der Waals surface area contributed by atoms with Gasteiger partial charge in [0.2, 0.25) is 19.2 Å². The second kappa shape index (κ2) is 27.3. The van der Waals surface area contributed by atoms with Crippen LogP contribution in [0, 0.1) is 5.92 Å². The quantitative estimate of drug-likeness (QED) is 0.0365. The second-order valence-electron chi connectivity index (χ2n) is 15.3. The zero-order chi connectivity index (χ0) is 47.1. The second-order valence-corrected chi connectivity index (χ2v) is 19.7. The first-order valence-electron chi connectivity index (χ1n) is 20.5. The highest BCUT2D eigenvalue weighted by Gasteiger charge is 2.35. The first-order chi connectivity index (χ1) is 29.8. The van der Waals surface area contributed by atoms with E-state index < -0.39 is 80.7 Å². The van der Waals surface area contributed by atoms with Gasteiger partial charge in [-0.2, -0.15) is 0 Å². The number of hydrogen-bond acceptors (Lipinski definition) is 16. The van der Waals surface area contributed by atoms with Gasteiger partial charge in [-0.3, -0.25) is 23.5 Å². The lowest BCUT2D eigenvalue weighted by Gasteiger charge is -2.25. The highest BCUT2D eigenvalue weighted by atomic mass is 31.2. The highest BCUT2D eigenvalue weighted by molar-refractivity contribution is 7.59. The van der Waals surface area contributed by atoms with Gasteiger partial charge in [0.15, 0.2) is 0 Å². The molecule has 0 heterocycles. The van der Waals surface area contributed by atoms with Crippen molar-refractivity contribution in [1.29, 1.82) is 0 Å². The smallest absolute Gasteiger partial charge is 0.469 e. The molecular formula is C42H63N3O16P2. The van der Waals surface area contributed by atoms with Crippen LogP contribution in [0.25, 0.3) is 0 Å². The van der Waals surface area contributed by atoms with E-state index >= 15 is 0 Å². The molecule has 0 fully saturated rings. The summed E-state index contributed by atoms with van der Waals surface area (Å²) in [5.41, 5.74) is -0.818. The van der Waals surface area contributed by atoms with E-state index in [4.69, 9.17) is 37.0 Å². The summed E-state index contributed by atoms with van der Waals surface area (Å²) >= 11 is 0. The molecule has 0 saturated heterocycles. The number of unbranched alkanes of at least 4 members (excludes halogenated alkanes) is 2. The number of esters is 3. The van der Waals surface area contributed by atoms with E-state index in [0.717, 1.165) is 14.2 Å². The molecule has 2 rings (SSSR count). The molecule has 0 aliphatic heterocycles. The standard InChI is InChI=1S/C42H63N3O16P2/c1-30(43-36(46)25-16-11-17-27-58-63(53,60-32-20-12-9-13-21-32)61-33-22-14-10-15-23-33)37(47)44-35(40(50)56-7)26-28-62(52,57-8)29-31(38(48)54-5)19-18-24-34(39(49)55-6)45-41(51)59-42(2,3)4/h9-10,12-15,20-23,30-31,34-35H,11,16-19,24-29H2,1-8H3,(H,43,46)(H,44,47)(H,45,51)/t30-,31?,34+,35+,62?/m0/s1. The van der Waals surface area contributed by atoms with Crippen LogP contribution in [-0.4, -0.2) is 107 Å². The number of hydrogen-bond donors (Lipinski definition) is 3. The van der Waals surface area contributed by atoms with Gasteiger partial charge < -0.3 is 48.5 Å². The third kappa shape index (κ3) is 21.3. The van der Waals surface area contributed by atoms with E-state index in [1.54, 1.807) is 81.4 Å². The van der Waals surface area contributed by atoms with Gasteiger partial charge in [0.25, 0.3) is 0 Å². The molecule has 0 radical (unpaired) electrons. The van der Waals surface area contributed by atoms with E-state index in [0.29, 0.717) is 30.8 Å². The molecular weight excluding hydrogens is 864 g/mol. The van der Waals surface area contributed by atoms with Gasteiger partial charge in [-0.25, -0.2) is 18.9 Å². The van der Waals surface area contributed by atoms with Gasteiger partial charge in [-0.05, 0) is 90.5 Å². The summed E-state index contributed by atoms with van der Waals surface area (Å²) in [6.45, 7) is 6.44. The molecule has 0 aliphatic carbocycles. The van der Waals surface area contributed by atoms with Crippen molar-refractivity contribution in [2.45, 2.75) is 103 Å². The van der Waals surface area contributed by atoms with Crippen molar-refractivity contribution in [3.63, 3.8) is 0 Å². The fourth-order valence-electron chi connectivity index (χ4n) is 5.88. The minimum Gasteiger partial charge on any atom is -0.469 e. The first kappa shape index (κ1) is 54.2. The molecule has 352 valence electrons. The number of rotatable bonds is 28. The average molecular weight is 928 g/mol. The molecule has 0 bridgehead atoms. The Labute approximate surface area is 369 Å². The zero-order valence-corrected chi connectivity index (χ0v) is 39.1. The van der Waals surface area contributed by atoms with Crippen LogP contribution in [0.15, 0.2) is 60.7 Å². The van der Waals surface area contributed by atoms with Crippen molar-refractivity contribution in [3.05, 3.63) is 60.7 Å². The minimum absolute atomic E-state index is 0.0121. The molecule has 19 nitrogen and oxygen atoms in total. The third-order valence-corrected chi connectivity index (χ3v) is 13.1. The number of carbonyl (C=O) groups is 6. The van der Waals surface area contributed by atoms with E-state index in [9.17, 15) is 37.9 Å². The zero-order valence-electron chi connectivity index (χ0n) is 37.3. The van der Waals surface area contributed by atoms with Crippen LogP contribution in [-0.2, 0) is 61.1 Å². The number of methoxy groups -OCH3 is 3. The van der Waals surface area contributed by atoms with E-state index in [-0.39, 0.29) is 51.0 Å². The van der Waals surface area contributed by atoms with Crippen molar-refractivity contribution >= 4 is 51.0 Å². The summed E-state index contributed by atoms with van der Waals surface area (Å²) in [5.74, 6) is -3.75. The maximum absolute atomic E-state index is 14.0. The van der Waals surface area contributed by atoms with Crippen LogP contribution >= 0.6 is 15.2 Å². The number of nitrogens with one attached hydrogen (secondary N) is 3. The van der Waals surface area contributed by atoms with Crippen LogP contribution in [0.1, 0.15) is 79.1 Å². The Bertz CT molecular complexity index is 1820. The minimum atomic E-state index is -4.05. The van der Waals surface area contributed by atoms with E-state index in [1.165, 1.54) is 21.1 Å². The molecule has 0 spiro atoms. The monoisotopic (exact) mass is 927 g/mol. The molecule has 0 aromatic heterocycles. The van der Waals surface area contributed by atoms with Gasteiger partial charge in [0.1, 0.15) is 35.2 Å². The lowest BCUT2D eigenvalue weighted by Crippen LogP contribution is -2.50. The van der Waals surface area contributed by atoms with Crippen LogP contribution in [0.5, 0.6) is 11.5 Å². The van der Waals surface area contributed by atoms with Crippen molar-refractivity contribution in [1.82, 2.24) is 16.0 Å². The van der Waals surface area contributed by atoms with Crippen molar-refractivity contribution < 1.29 is 74.9 Å². The van der Waals surface area contributed by atoms with E-state index in [2.05, 4.69) is 16.0 Å². The largest absolute Gasteiger partial charge is 0.587 e. The lowest BCUT2D eigenvalue weighted by molar-refractivity contribution is -0.146. The van der Waals surface area contributed by atoms with Crippen molar-refractivity contribution in [2.24, 2.45) is 5.92 Å². The van der Waals surface area contributed by atoms with Crippen LogP contribution in [0.4, 0.5) is 4.79 Å². The maximum Gasteiger partial charge on any atom is 0.587 e. The molecule has 2 aromatic carbocycles. The molecule has 2 aromatic rings. The molecule has 3 N–H and O–H groups in total. The molecule has 0 saturated carbocycles. The number of phosphoric ester groups is 1. The van der Waals surface area contributed by atoms with Crippen molar-refractivity contribution in [3.8, 4) is 11.5 Å². The molecule has 21 heteroatoms. The Kier molecular flexibility index (Phi) is 23.5. The Morgan fingerprint density at radius 1 is 0.651 bits per heavy atom. The summed E-state index contributed by atoms with van der Waals surface area (Å²) in [6, 6.07) is 13.5. The van der Waals surface area contributed by atoms with Gasteiger partial charge in [0, 0.05) is 25.9 Å². The van der Waals surface area contributed by atoms with Crippen LogP contribution in [0.2, 0.25) is 0 Å². The number of alkyl carbamates (subject to hydrolysis) is 1. The number of carbonyl (C=O) groups excluding carboxylic acids is 6. The molecule has 0 aliphatic rings. The summed E-state index contributed by atoms with van der Waals surface area (Å²) in [5, 5.41) is 7.58. The predicted octanol–water partition coefficient (Wildman–Crippen LogP) is 6.33. The summed E-state index contributed by atoms with van der Waals surface area (Å²) in [7, 11) is -3.08. The topological polar surface area (TPSA) is 246 Å². The normalized spacial score (nSPS) is 14.3. The average Bonchev–Trinajstić information content (AvgIpc) is 3.24. The summed E-state index contributed by atoms with van der Waals surface area (Å²) < 4.78 is 69.4. The number of phosphoric acid groups is 1. The van der Waals surface area contributed by atoms with Crippen molar-refractivity contribution in [2.75, 3.05) is 47.4 Å². The number of ether oxygens (including phenoxy) is 4. The fraction of sp³-hybridized carbons (Fsp3) is 0.571. The number of para-hydroxylation sites is 2. The van der Waals surface area contributed by atoms with Crippen LogP contribution < -0.4 is 25.0 Å². The molecule has 5 atom stereocenters. The molecule has 63 heavy (non-hydrogen) atoms. The van der Waals surface area contributed by atoms with Gasteiger partial charge in [0.05, 0.1) is 33.9 Å². The molecule has 2 unspecified atom stereocenters. The van der Waals surface area contributed by atoms with Gasteiger partial charge in [-0.15, -0.1) is 0 Å². The third-order valence-electron chi connectivity index (χ3n) is 9.14. The molecule has 3 amide bonds. The lowest BCUT2D eigenvalue weighted by atomic mass is 10.0. The number of benzene rings is 2. The highest BCUT2D eigenvalue weighted by Crippen LogP contribution is 2.50. The Morgan fingerprint density at radius 3 is 1.70 bits per heavy atom. The first-order valence-corrected chi connectivity index (χ1v) is 23.9. The van der Waals surface area contributed by atoms with Gasteiger partial charge >= 0.3 is 31.8 Å². The number of amides is 3. The Morgan fingerprint density at radius 2 is 1.19 bits per heavy atom. The SMILES string of the molecule is COC(=O)C(CCC[C@@H](NC(=O)OC(C)(C)C)C(=O)OC)CP(=O)(CC[C@@H](NC(=O)[C@H](C)NC(=O)CCCCCOP(=O)(Oc1ccccc1)Oc1ccccc1)C(=O)OC)OC. The summed E-state index contributed by atoms with van der Waals surface area (Å²) in [4.78, 5) is 76.1.